The van der Waals surface area contributed by atoms with E-state index in [2.05, 4.69) is 20.6 Å². The quantitative estimate of drug-likeness (QED) is 0.248. The largest absolute Gasteiger partial charge is 0.322 e. The Morgan fingerprint density at radius 2 is 1.03 bits per heavy atom. The fourth-order valence-corrected chi connectivity index (χ4v) is 5.48. The van der Waals surface area contributed by atoms with Crippen molar-refractivity contribution in [2.75, 3.05) is 10.6 Å². The molecule has 6 nitrogen and oxygen atoms in total. The van der Waals surface area contributed by atoms with E-state index in [-0.39, 0.29) is 11.8 Å². The van der Waals surface area contributed by atoms with E-state index in [0.717, 1.165) is 49.4 Å². The molecule has 0 saturated heterocycles. The van der Waals surface area contributed by atoms with Crippen molar-refractivity contribution < 1.29 is 9.59 Å². The van der Waals surface area contributed by atoms with Crippen LogP contribution in [0.25, 0.3) is 20.4 Å². The minimum absolute atomic E-state index is 0.146. The molecule has 0 atom stereocenters. The molecule has 0 saturated carbocycles. The van der Waals surface area contributed by atoms with Gasteiger partial charge in [-0.1, -0.05) is 24.3 Å². The third-order valence-corrected chi connectivity index (χ3v) is 7.60. The van der Waals surface area contributed by atoms with Crippen LogP contribution in [0.4, 0.5) is 11.4 Å². The van der Waals surface area contributed by atoms with Gasteiger partial charge in [0.1, 0.15) is 0 Å². The lowest BCUT2D eigenvalue weighted by molar-refractivity contribution is 0.101. The van der Waals surface area contributed by atoms with Crippen molar-refractivity contribution in [3.05, 3.63) is 118 Å². The van der Waals surface area contributed by atoms with Crippen molar-refractivity contribution in [1.82, 2.24) is 9.97 Å². The van der Waals surface area contributed by atoms with E-state index < -0.39 is 0 Å². The maximum Gasteiger partial charge on any atom is 0.255 e. The molecule has 0 bridgehead atoms. The summed E-state index contributed by atoms with van der Waals surface area (Å²) in [5.41, 5.74) is 10.3. The van der Waals surface area contributed by atoms with Gasteiger partial charge in [-0.15, -0.1) is 22.7 Å². The minimum Gasteiger partial charge on any atom is -0.322 e. The second-order valence-electron chi connectivity index (χ2n) is 8.55. The Morgan fingerprint density at radius 1 is 0.595 bits per heavy atom. The number of carbonyl (C=O) groups excluding carboxylic acids is 2. The molecule has 0 aliphatic rings. The van der Waals surface area contributed by atoms with Gasteiger partial charge in [-0.2, -0.15) is 0 Å². The maximum atomic E-state index is 12.6. The van der Waals surface area contributed by atoms with Crippen LogP contribution in [-0.4, -0.2) is 21.8 Å². The first kappa shape index (κ1) is 23.0. The Hall–Kier alpha value is -4.40. The van der Waals surface area contributed by atoms with Crippen LogP contribution in [0.5, 0.6) is 0 Å². The first-order valence-corrected chi connectivity index (χ1v) is 13.3. The number of hydrogen-bond donors (Lipinski definition) is 2. The van der Waals surface area contributed by atoms with E-state index in [4.69, 9.17) is 0 Å². The molecule has 2 amide bonds. The molecule has 0 radical (unpaired) electrons. The zero-order valence-corrected chi connectivity index (χ0v) is 21.1. The highest BCUT2D eigenvalue weighted by atomic mass is 32.1. The van der Waals surface area contributed by atoms with Gasteiger partial charge in [0.15, 0.2) is 0 Å². The number of nitrogens with one attached hydrogen (secondary N) is 2. The zero-order valence-electron chi connectivity index (χ0n) is 19.5. The summed E-state index contributed by atoms with van der Waals surface area (Å²) in [6.45, 7) is 0. The average Bonchev–Trinajstić information content (AvgIpc) is 3.59. The SMILES string of the molecule is O=C(Nc1ccc(Cc2ccc(NC(=O)c3ccc4ncsc4c3)cc2)cc1)c1ccc2ncsc2c1. The van der Waals surface area contributed by atoms with Crippen LogP contribution in [0, 0.1) is 0 Å². The lowest BCUT2D eigenvalue weighted by Crippen LogP contribution is -2.11. The molecule has 2 heterocycles. The predicted octanol–water partition coefficient (Wildman–Crippen LogP) is 7.00. The fraction of sp³-hybridized carbons (Fsp3) is 0.0345. The van der Waals surface area contributed by atoms with E-state index in [1.165, 1.54) is 22.7 Å². The fourth-order valence-electron chi connectivity index (χ4n) is 4.05. The number of thiazole rings is 2. The molecule has 37 heavy (non-hydrogen) atoms. The minimum atomic E-state index is -0.146. The van der Waals surface area contributed by atoms with Gasteiger partial charge in [-0.05, 0) is 78.2 Å². The summed E-state index contributed by atoms with van der Waals surface area (Å²) in [7, 11) is 0. The average molecular weight is 521 g/mol. The highest BCUT2D eigenvalue weighted by Crippen LogP contribution is 2.22. The van der Waals surface area contributed by atoms with Gasteiger partial charge < -0.3 is 10.6 Å². The number of hydrogen-bond acceptors (Lipinski definition) is 6. The molecule has 0 aliphatic carbocycles. The van der Waals surface area contributed by atoms with Crippen molar-refractivity contribution in [2.45, 2.75) is 6.42 Å². The maximum absolute atomic E-state index is 12.6. The van der Waals surface area contributed by atoms with Crippen LogP contribution in [-0.2, 0) is 6.42 Å². The van der Waals surface area contributed by atoms with E-state index in [1.807, 2.05) is 72.8 Å². The summed E-state index contributed by atoms with van der Waals surface area (Å²) in [6, 6.07) is 26.7. The number of amides is 2. The van der Waals surface area contributed by atoms with Crippen LogP contribution in [0.1, 0.15) is 31.8 Å². The van der Waals surface area contributed by atoms with Crippen molar-refractivity contribution in [2.24, 2.45) is 0 Å². The smallest absolute Gasteiger partial charge is 0.255 e. The Bertz CT molecular complexity index is 1610. The lowest BCUT2D eigenvalue weighted by Gasteiger charge is -2.09. The first-order valence-electron chi connectivity index (χ1n) is 11.6. The van der Waals surface area contributed by atoms with Crippen LogP contribution in [0.15, 0.2) is 96.0 Å². The van der Waals surface area contributed by atoms with Crippen molar-refractivity contribution in [1.29, 1.82) is 0 Å². The number of nitrogens with zero attached hydrogens (tertiary/aromatic N) is 2. The Balaban J connectivity index is 1.06. The molecule has 0 fully saturated rings. The molecular weight excluding hydrogens is 500 g/mol. The van der Waals surface area contributed by atoms with Crippen molar-refractivity contribution >= 4 is 66.3 Å². The predicted molar refractivity (Wildman–Crippen MR) is 151 cm³/mol. The highest BCUT2D eigenvalue weighted by Gasteiger charge is 2.10. The monoisotopic (exact) mass is 520 g/mol. The van der Waals surface area contributed by atoms with Gasteiger partial charge in [-0.3, -0.25) is 9.59 Å². The van der Waals surface area contributed by atoms with Crippen LogP contribution in [0.3, 0.4) is 0 Å². The van der Waals surface area contributed by atoms with Crippen LogP contribution in [0.2, 0.25) is 0 Å². The third kappa shape index (κ3) is 5.11. The summed E-state index contributed by atoms with van der Waals surface area (Å²) in [4.78, 5) is 33.8. The molecule has 0 unspecified atom stereocenters. The molecule has 2 aromatic heterocycles. The second kappa shape index (κ2) is 9.93. The Labute approximate surface area is 220 Å². The first-order chi connectivity index (χ1) is 18.1. The number of rotatable bonds is 6. The van der Waals surface area contributed by atoms with Crippen molar-refractivity contribution in [3.63, 3.8) is 0 Å². The van der Waals surface area contributed by atoms with Gasteiger partial charge in [0.2, 0.25) is 0 Å². The molecule has 0 aliphatic heterocycles. The van der Waals surface area contributed by atoms with Gasteiger partial charge in [0, 0.05) is 22.5 Å². The summed E-state index contributed by atoms with van der Waals surface area (Å²) in [5, 5.41) is 5.91. The molecule has 8 heteroatoms. The molecule has 0 spiro atoms. The summed E-state index contributed by atoms with van der Waals surface area (Å²) in [6.07, 6.45) is 0.743. The molecule has 4 aromatic carbocycles. The van der Waals surface area contributed by atoms with Gasteiger partial charge >= 0.3 is 0 Å². The van der Waals surface area contributed by atoms with Crippen molar-refractivity contribution in [3.8, 4) is 0 Å². The number of anilines is 2. The molecule has 6 aromatic rings. The highest BCUT2D eigenvalue weighted by molar-refractivity contribution is 7.17. The van der Waals surface area contributed by atoms with Crippen LogP contribution >= 0.6 is 22.7 Å². The standard InChI is InChI=1S/C29H20N4O2S2/c34-28(20-5-11-24-26(14-20)36-16-30-24)32-22-7-1-18(2-8-22)13-19-3-9-23(10-4-19)33-29(35)21-6-12-25-27(15-21)37-17-31-25/h1-12,14-17H,13H2,(H,32,34)(H,33,35). The molecule has 2 N–H and O–H groups in total. The van der Waals surface area contributed by atoms with E-state index in [1.54, 1.807) is 23.2 Å². The second-order valence-corrected chi connectivity index (χ2v) is 10.3. The number of aromatic nitrogens is 2. The van der Waals surface area contributed by atoms with E-state index >= 15 is 0 Å². The Kier molecular flexibility index (Phi) is 6.18. The normalized spacial score (nSPS) is 11.0. The van der Waals surface area contributed by atoms with E-state index in [9.17, 15) is 9.59 Å². The number of carbonyl (C=O) groups is 2. The topological polar surface area (TPSA) is 84.0 Å². The molecular formula is C29H20N4O2S2. The number of benzene rings is 4. The zero-order chi connectivity index (χ0) is 25.2. The van der Waals surface area contributed by atoms with E-state index in [0.29, 0.717) is 11.1 Å². The summed E-state index contributed by atoms with van der Waals surface area (Å²) < 4.78 is 1.98. The summed E-state index contributed by atoms with van der Waals surface area (Å²) in [5.74, 6) is -0.291. The number of fused-ring (bicyclic) bond motifs is 2. The van der Waals surface area contributed by atoms with Gasteiger partial charge in [0.25, 0.3) is 11.8 Å². The lowest BCUT2D eigenvalue weighted by atomic mass is 10.0. The summed E-state index contributed by atoms with van der Waals surface area (Å²) >= 11 is 3.04. The van der Waals surface area contributed by atoms with Crippen LogP contribution < -0.4 is 10.6 Å². The molecule has 180 valence electrons. The third-order valence-electron chi connectivity index (χ3n) is 6.02. The molecule has 6 rings (SSSR count). The van der Waals surface area contributed by atoms with Gasteiger partial charge in [0.05, 0.1) is 31.5 Å². The van der Waals surface area contributed by atoms with Gasteiger partial charge in [-0.25, -0.2) is 9.97 Å². The Morgan fingerprint density at radius 3 is 1.46 bits per heavy atom.